The largest absolute Gasteiger partial charge is 0.455 e. The molecule has 2 saturated carbocycles. The number of esters is 1. The highest BCUT2D eigenvalue weighted by atomic mass is 19.4. The maximum absolute atomic E-state index is 13.4. The summed E-state index contributed by atoms with van der Waals surface area (Å²) in [5.41, 5.74) is -9.72. The minimum absolute atomic E-state index is 0.0499. The zero-order chi connectivity index (χ0) is 24.6. The van der Waals surface area contributed by atoms with Gasteiger partial charge in [-0.05, 0) is 68.6 Å². The van der Waals surface area contributed by atoms with Gasteiger partial charge >= 0.3 is 18.3 Å². The topological polar surface area (TPSA) is 46.5 Å². The van der Waals surface area contributed by atoms with Gasteiger partial charge in [-0.25, -0.2) is 0 Å². The molecule has 0 heterocycles. The van der Waals surface area contributed by atoms with Crippen molar-refractivity contribution in [1.29, 1.82) is 0 Å². The predicted molar refractivity (Wildman–Crippen MR) is 103 cm³/mol. The van der Waals surface area contributed by atoms with E-state index in [1.54, 1.807) is 6.92 Å². The second kappa shape index (κ2) is 7.26. The van der Waals surface area contributed by atoms with Gasteiger partial charge in [0.1, 0.15) is 0 Å². The Morgan fingerprint density at radius 3 is 1.81 bits per heavy atom. The molecule has 0 aromatic carbocycles. The Hall–Kier alpha value is -0.990. The normalized spacial score (nSPS) is 32.6. The van der Waals surface area contributed by atoms with Gasteiger partial charge in [-0.1, -0.05) is 34.6 Å². The van der Waals surface area contributed by atoms with Gasteiger partial charge in [-0.2, -0.15) is 26.3 Å². The van der Waals surface area contributed by atoms with Crippen LogP contribution < -0.4 is 0 Å². The van der Waals surface area contributed by atoms with Crippen LogP contribution in [0, 0.1) is 40.4 Å². The van der Waals surface area contributed by atoms with Crippen molar-refractivity contribution in [2.45, 2.75) is 91.8 Å². The van der Waals surface area contributed by atoms with Gasteiger partial charge < -0.3 is 9.84 Å². The van der Waals surface area contributed by atoms with Crippen molar-refractivity contribution in [3.8, 4) is 0 Å². The van der Waals surface area contributed by atoms with E-state index in [-0.39, 0.29) is 35.0 Å². The number of hydrogen-bond donors (Lipinski definition) is 1. The Morgan fingerprint density at radius 2 is 1.45 bits per heavy atom. The molecule has 2 aliphatic rings. The Bertz CT molecular complexity index is 690. The Kier molecular flexibility index (Phi) is 6.15. The van der Waals surface area contributed by atoms with Crippen LogP contribution >= 0.6 is 0 Å². The number of fused-ring (bicyclic) bond motifs is 2. The second-order valence-corrected chi connectivity index (χ2v) is 11.5. The maximum Gasteiger partial charge on any atom is 0.430 e. The molecule has 5 unspecified atom stereocenters. The number of carbonyl (C=O) groups is 1. The summed E-state index contributed by atoms with van der Waals surface area (Å²) in [7, 11) is 0. The molecular formula is C22H34F6O3. The molecule has 1 N–H and O–H groups in total. The van der Waals surface area contributed by atoms with E-state index in [0.717, 1.165) is 0 Å². The molecule has 0 radical (unpaired) electrons. The number of hydrogen-bond acceptors (Lipinski definition) is 3. The Balaban J connectivity index is 2.40. The summed E-state index contributed by atoms with van der Waals surface area (Å²) in [5.74, 6) is -0.647. The minimum Gasteiger partial charge on any atom is -0.455 e. The molecule has 2 rings (SSSR count). The van der Waals surface area contributed by atoms with E-state index in [9.17, 15) is 36.2 Å². The first-order chi connectivity index (χ1) is 13.5. The summed E-state index contributed by atoms with van der Waals surface area (Å²) in [6.45, 7) is 12.9. The van der Waals surface area contributed by atoms with Crippen LogP contribution in [0.15, 0.2) is 0 Å². The Labute approximate surface area is 179 Å². The van der Waals surface area contributed by atoms with Crippen molar-refractivity contribution in [2.24, 2.45) is 40.4 Å². The molecule has 0 saturated heterocycles. The molecule has 2 aliphatic carbocycles. The molecule has 2 bridgehead atoms. The third-order valence-electron chi connectivity index (χ3n) is 7.72. The van der Waals surface area contributed by atoms with Gasteiger partial charge in [0.2, 0.25) is 0 Å². The average molecular weight is 460 g/mol. The fourth-order valence-electron chi connectivity index (χ4n) is 6.45. The summed E-state index contributed by atoms with van der Waals surface area (Å²) in [5, 5.41) is 9.78. The average Bonchev–Trinajstić information content (AvgIpc) is 3.06. The first kappa shape index (κ1) is 26.3. The van der Waals surface area contributed by atoms with E-state index in [1.165, 1.54) is 0 Å². The van der Waals surface area contributed by atoms with E-state index >= 15 is 0 Å². The van der Waals surface area contributed by atoms with Gasteiger partial charge in [-0.15, -0.1) is 0 Å². The molecule has 2 fully saturated rings. The molecule has 0 spiro atoms. The zero-order valence-corrected chi connectivity index (χ0v) is 19.3. The molecule has 182 valence electrons. The molecule has 0 aromatic rings. The number of rotatable bonds is 4. The summed E-state index contributed by atoms with van der Waals surface area (Å²) >= 11 is 0. The highest BCUT2D eigenvalue weighted by molar-refractivity contribution is 5.78. The number of ether oxygens (including phenoxy) is 1. The molecule has 5 atom stereocenters. The zero-order valence-electron chi connectivity index (χ0n) is 19.3. The first-order valence-corrected chi connectivity index (χ1v) is 10.6. The van der Waals surface area contributed by atoms with Crippen molar-refractivity contribution < 1.29 is 41.0 Å². The first-order valence-electron chi connectivity index (χ1n) is 10.6. The van der Waals surface area contributed by atoms with E-state index in [2.05, 4.69) is 20.8 Å². The van der Waals surface area contributed by atoms with Gasteiger partial charge in [0, 0.05) is 0 Å². The van der Waals surface area contributed by atoms with Crippen molar-refractivity contribution in [1.82, 2.24) is 0 Å². The van der Waals surface area contributed by atoms with Gasteiger partial charge in [0.15, 0.2) is 5.60 Å². The number of alkyl halides is 6. The minimum atomic E-state index is -6.08. The van der Waals surface area contributed by atoms with Crippen LogP contribution in [0.1, 0.15) is 68.2 Å². The van der Waals surface area contributed by atoms with Crippen molar-refractivity contribution >= 4 is 5.97 Å². The fraction of sp³-hybridized carbons (Fsp3) is 0.955. The molecule has 0 aromatic heterocycles. The Morgan fingerprint density at radius 1 is 1.00 bits per heavy atom. The van der Waals surface area contributed by atoms with E-state index < -0.39 is 34.9 Å². The van der Waals surface area contributed by atoms with Crippen LogP contribution in [-0.2, 0) is 9.53 Å². The molecule has 9 heteroatoms. The summed E-state index contributed by atoms with van der Waals surface area (Å²) in [6, 6.07) is 0. The SMILES string of the molecule is CC(C)C1C(C(C)(C)C)C2CC1C(C)(C(=O)OC(C)(C)C(O)(C(F)(F)F)C(F)(F)F)C2. The third kappa shape index (κ3) is 3.86. The lowest BCUT2D eigenvalue weighted by Crippen LogP contribution is -2.70. The van der Waals surface area contributed by atoms with E-state index in [4.69, 9.17) is 4.74 Å². The van der Waals surface area contributed by atoms with Crippen LogP contribution in [-0.4, -0.2) is 34.6 Å². The van der Waals surface area contributed by atoms with Gasteiger partial charge in [-0.3, -0.25) is 4.79 Å². The highest BCUT2D eigenvalue weighted by Gasteiger charge is 2.79. The lowest BCUT2D eigenvalue weighted by atomic mass is 9.57. The molecular weight excluding hydrogens is 426 g/mol. The van der Waals surface area contributed by atoms with Crippen LogP contribution in [0.4, 0.5) is 26.3 Å². The summed E-state index contributed by atoms with van der Waals surface area (Å²) in [4.78, 5) is 13.1. The fourth-order valence-corrected chi connectivity index (χ4v) is 6.45. The van der Waals surface area contributed by atoms with E-state index in [0.29, 0.717) is 26.7 Å². The van der Waals surface area contributed by atoms with E-state index in [1.807, 2.05) is 13.8 Å². The van der Waals surface area contributed by atoms with Gasteiger partial charge in [0.05, 0.1) is 5.41 Å². The predicted octanol–water partition coefficient (Wildman–Crippen LogP) is 6.14. The van der Waals surface area contributed by atoms with Crippen LogP contribution in [0.2, 0.25) is 0 Å². The lowest BCUT2D eigenvalue weighted by molar-refractivity contribution is -0.408. The quantitative estimate of drug-likeness (QED) is 0.405. The summed E-state index contributed by atoms with van der Waals surface area (Å²) in [6.07, 6.45) is -11.1. The van der Waals surface area contributed by atoms with Crippen LogP contribution in [0.3, 0.4) is 0 Å². The smallest absolute Gasteiger partial charge is 0.430 e. The standard InChI is InChI=1S/C22H34F6O3/c1-11(2)14-13-9-12(15(14)17(3,4)5)10-19(13,8)16(29)31-18(6,7)20(30,21(23,24)25)22(26,27)28/h11-15,30H,9-10H2,1-8H3. The lowest BCUT2D eigenvalue weighted by Gasteiger charge is -2.49. The highest BCUT2D eigenvalue weighted by Crippen LogP contribution is 2.67. The summed E-state index contributed by atoms with van der Waals surface area (Å²) < 4.78 is 85.1. The van der Waals surface area contributed by atoms with Crippen molar-refractivity contribution in [3.63, 3.8) is 0 Å². The molecule has 3 nitrogen and oxygen atoms in total. The third-order valence-corrected chi connectivity index (χ3v) is 7.72. The van der Waals surface area contributed by atoms with Crippen molar-refractivity contribution in [3.05, 3.63) is 0 Å². The maximum atomic E-state index is 13.4. The number of carbonyl (C=O) groups excluding carboxylic acids is 1. The molecule has 0 aliphatic heterocycles. The monoisotopic (exact) mass is 460 g/mol. The molecule has 0 amide bonds. The number of halogens is 6. The van der Waals surface area contributed by atoms with Crippen LogP contribution in [0.25, 0.3) is 0 Å². The van der Waals surface area contributed by atoms with Gasteiger partial charge in [0.25, 0.3) is 5.60 Å². The van der Waals surface area contributed by atoms with Crippen molar-refractivity contribution in [2.75, 3.05) is 0 Å². The number of aliphatic hydroxyl groups is 1. The molecule has 31 heavy (non-hydrogen) atoms. The second-order valence-electron chi connectivity index (χ2n) is 11.5. The van der Waals surface area contributed by atoms with Crippen LogP contribution in [0.5, 0.6) is 0 Å².